The van der Waals surface area contributed by atoms with Gasteiger partial charge >= 0.3 is 0 Å². The van der Waals surface area contributed by atoms with Gasteiger partial charge in [0.15, 0.2) is 0 Å². The maximum absolute atomic E-state index is 11.4. The lowest BCUT2D eigenvalue weighted by Crippen LogP contribution is -1.86. The lowest BCUT2D eigenvalue weighted by molar-refractivity contribution is 0.0909. The number of hydrogen-bond donors (Lipinski definition) is 0. The summed E-state index contributed by atoms with van der Waals surface area (Å²) in [6.07, 6.45) is -0.383. The molecule has 0 saturated carbocycles. The van der Waals surface area contributed by atoms with Crippen LogP contribution in [0.4, 0.5) is 0 Å². The third-order valence-corrected chi connectivity index (χ3v) is 1.94. The highest BCUT2D eigenvalue weighted by molar-refractivity contribution is 5.32. The molecule has 1 aromatic carbocycles. The molecule has 51 valence electrons. The minimum absolute atomic E-state index is 0.423. The van der Waals surface area contributed by atoms with Crippen molar-refractivity contribution in [1.29, 1.82) is 0 Å². The molecule has 0 saturated heterocycles. The van der Waals surface area contributed by atoms with Crippen molar-refractivity contribution in [3.63, 3.8) is 0 Å². The minimum atomic E-state index is -1.57. The maximum Gasteiger partial charge on any atom is 0.119 e. The lowest BCUT2D eigenvalue weighted by Gasteiger charge is -1.98. The van der Waals surface area contributed by atoms with E-state index in [0.29, 0.717) is 12.0 Å². The molecular weight excluding hydrogens is 124 g/mol. The third kappa shape index (κ3) is 0.745. The van der Waals surface area contributed by atoms with Gasteiger partial charge in [0, 0.05) is 0 Å². The third-order valence-electron chi connectivity index (χ3n) is 1.94. The van der Waals surface area contributed by atoms with E-state index in [1.165, 1.54) is 0 Å². The van der Waals surface area contributed by atoms with Crippen molar-refractivity contribution in [2.45, 2.75) is 18.9 Å². The van der Waals surface area contributed by atoms with Crippen molar-refractivity contribution >= 4 is 0 Å². The van der Waals surface area contributed by atoms with Crippen LogP contribution in [0.15, 0.2) is 24.3 Å². The molecule has 0 aromatic heterocycles. The molecule has 0 aliphatic heterocycles. The molecule has 1 aromatic rings. The molecule has 0 amide bonds. The topological polar surface area (TPSA) is 19.9 Å². The van der Waals surface area contributed by atoms with E-state index in [4.69, 9.17) is 1.37 Å². The van der Waals surface area contributed by atoms with Crippen LogP contribution in [-0.2, 0) is 11.5 Å². The Morgan fingerprint density at radius 2 is 2.30 bits per heavy atom. The molecule has 0 N–H and O–H groups in total. The molecule has 1 unspecified atom stereocenters. The van der Waals surface area contributed by atoms with Gasteiger partial charge < -0.3 is 0 Å². The summed E-state index contributed by atoms with van der Waals surface area (Å²) in [6.45, 7) is 0. The van der Waals surface area contributed by atoms with Crippen molar-refractivity contribution in [3.8, 4) is 0 Å². The summed E-state index contributed by atoms with van der Waals surface area (Å²) in [4.78, 5) is 0. The molecule has 1 aliphatic rings. The molecule has 2 rings (SSSR count). The van der Waals surface area contributed by atoms with Crippen molar-refractivity contribution in [2.24, 2.45) is 0 Å². The van der Waals surface area contributed by atoms with Gasteiger partial charge in [0.1, 0.15) is 6.08 Å². The van der Waals surface area contributed by atoms with Crippen LogP contribution in [0, 0.1) is 0 Å². The van der Waals surface area contributed by atoms with Crippen LogP contribution >= 0.6 is 0 Å². The smallest absolute Gasteiger partial charge is 0.119 e. The summed E-state index contributed by atoms with van der Waals surface area (Å²) in [5.41, 5.74) is 1.72. The van der Waals surface area contributed by atoms with E-state index >= 15 is 0 Å². The number of fused-ring (bicyclic) bond motifs is 1. The van der Waals surface area contributed by atoms with E-state index in [9.17, 15) is 5.11 Å². The fraction of sp³-hybridized carbons (Fsp3) is 0.333. The molecule has 1 aliphatic carbocycles. The first-order valence-electron chi connectivity index (χ1n) is 3.99. The lowest BCUT2D eigenvalue weighted by atomic mass is 10.1. The molecule has 1 radical (unpaired) electrons. The van der Waals surface area contributed by atoms with E-state index in [2.05, 4.69) is 0 Å². The quantitative estimate of drug-likeness (QED) is 0.518. The predicted octanol–water partition coefficient (Wildman–Crippen LogP) is 2.10. The average Bonchev–Trinajstić information content (AvgIpc) is 2.29. The Balaban J connectivity index is 2.56. The van der Waals surface area contributed by atoms with Gasteiger partial charge in [0.25, 0.3) is 0 Å². The molecule has 1 heteroatoms. The second-order valence-electron chi connectivity index (χ2n) is 2.58. The van der Waals surface area contributed by atoms with Crippen molar-refractivity contribution in [2.75, 3.05) is 0 Å². The summed E-state index contributed by atoms with van der Waals surface area (Å²) < 4.78 is 7.41. The highest BCUT2D eigenvalue weighted by atomic mass is 16.3. The minimum Gasteiger partial charge on any atom is -0.228 e. The van der Waals surface area contributed by atoms with Crippen molar-refractivity contribution < 1.29 is 6.48 Å². The SMILES string of the molecule is [2H]C1([O])CCc2ccccc21. The summed E-state index contributed by atoms with van der Waals surface area (Å²) in [5, 5.41) is 11.4. The van der Waals surface area contributed by atoms with Gasteiger partial charge in [-0.3, -0.25) is 0 Å². The Morgan fingerprint density at radius 3 is 3.10 bits per heavy atom. The zero-order valence-corrected chi connectivity index (χ0v) is 5.63. The Hall–Kier alpha value is -0.820. The summed E-state index contributed by atoms with van der Waals surface area (Å²) in [7, 11) is 0. The number of rotatable bonds is 0. The van der Waals surface area contributed by atoms with E-state index < -0.39 is 6.08 Å². The highest BCUT2D eigenvalue weighted by Crippen LogP contribution is 2.30. The zero-order chi connectivity index (χ0) is 7.90. The first-order chi connectivity index (χ1) is 5.20. The highest BCUT2D eigenvalue weighted by Gasteiger charge is 2.19. The first-order valence-corrected chi connectivity index (χ1v) is 3.49. The Kier molecular flexibility index (Phi) is 1.03. The average molecular weight is 134 g/mol. The molecule has 0 spiro atoms. The fourth-order valence-electron chi connectivity index (χ4n) is 1.39. The van der Waals surface area contributed by atoms with Crippen LogP contribution in [0.5, 0.6) is 0 Å². The maximum atomic E-state index is 11.4. The van der Waals surface area contributed by atoms with Gasteiger partial charge in [0.2, 0.25) is 0 Å². The van der Waals surface area contributed by atoms with Gasteiger partial charge in [-0.25, -0.2) is 5.11 Å². The molecule has 1 nitrogen and oxygen atoms in total. The van der Waals surface area contributed by atoms with Crippen molar-refractivity contribution in [3.05, 3.63) is 35.4 Å². The van der Waals surface area contributed by atoms with Crippen LogP contribution in [0.3, 0.4) is 0 Å². The van der Waals surface area contributed by atoms with Crippen LogP contribution < -0.4 is 0 Å². The van der Waals surface area contributed by atoms with Gasteiger partial charge in [-0.1, -0.05) is 24.3 Å². The summed E-state index contributed by atoms with van der Waals surface area (Å²) in [5.74, 6) is 0. The van der Waals surface area contributed by atoms with Gasteiger partial charge in [0.05, 0.1) is 1.37 Å². The van der Waals surface area contributed by atoms with E-state index in [0.717, 1.165) is 12.0 Å². The zero-order valence-electron chi connectivity index (χ0n) is 6.63. The van der Waals surface area contributed by atoms with E-state index in [1.54, 1.807) is 6.07 Å². The standard InChI is InChI=1S/C9H9O/c10-9-6-5-7-3-1-2-4-8(7)9/h1-4,9H,5-6H2/i9D. The number of aryl methyl sites for hydroxylation is 1. The largest absolute Gasteiger partial charge is 0.228 e. The van der Waals surface area contributed by atoms with Crippen LogP contribution in [0.1, 0.15) is 25.0 Å². The molecule has 0 fully saturated rings. The molecule has 1 atom stereocenters. The Morgan fingerprint density at radius 1 is 1.50 bits per heavy atom. The molecule has 0 bridgehead atoms. The van der Waals surface area contributed by atoms with Crippen LogP contribution in [0.25, 0.3) is 0 Å². The summed E-state index contributed by atoms with van der Waals surface area (Å²) in [6, 6.07) is 7.44. The van der Waals surface area contributed by atoms with Gasteiger partial charge in [-0.05, 0) is 24.0 Å². The Bertz CT molecular complexity index is 281. The van der Waals surface area contributed by atoms with E-state index in [-0.39, 0.29) is 0 Å². The number of hydrogen-bond acceptors (Lipinski definition) is 0. The van der Waals surface area contributed by atoms with Gasteiger partial charge in [-0.15, -0.1) is 0 Å². The number of benzene rings is 1. The molecule has 10 heavy (non-hydrogen) atoms. The van der Waals surface area contributed by atoms with Crippen molar-refractivity contribution in [1.82, 2.24) is 0 Å². The monoisotopic (exact) mass is 134 g/mol. The normalized spacial score (nSPS) is 31.5. The second-order valence-corrected chi connectivity index (χ2v) is 2.58. The van der Waals surface area contributed by atoms with Crippen LogP contribution in [0.2, 0.25) is 0 Å². The Labute approximate surface area is 61.7 Å². The second kappa shape index (κ2) is 2.10. The first kappa shape index (κ1) is 4.91. The fourth-order valence-corrected chi connectivity index (χ4v) is 1.39. The van der Waals surface area contributed by atoms with Crippen LogP contribution in [-0.4, -0.2) is 0 Å². The summed E-state index contributed by atoms with van der Waals surface area (Å²) >= 11 is 0. The predicted molar refractivity (Wildman–Crippen MR) is 38.2 cm³/mol. The molecular formula is C9H9O. The van der Waals surface area contributed by atoms with Gasteiger partial charge in [-0.2, -0.15) is 0 Å². The van der Waals surface area contributed by atoms with E-state index in [1.807, 2.05) is 18.2 Å². The molecule has 0 heterocycles.